The third-order valence-corrected chi connectivity index (χ3v) is 4.43. The summed E-state index contributed by atoms with van der Waals surface area (Å²) < 4.78 is 31.5. The van der Waals surface area contributed by atoms with Crippen LogP contribution in [0.5, 0.6) is 34.5 Å². The van der Waals surface area contributed by atoms with Crippen molar-refractivity contribution in [2.75, 3.05) is 49.2 Å². The Morgan fingerprint density at radius 3 is 1.64 bits per heavy atom. The largest absolute Gasteiger partial charge is 0.493 e. The van der Waals surface area contributed by atoms with Gasteiger partial charge in [0, 0.05) is 11.1 Å². The zero-order valence-electron chi connectivity index (χ0n) is 19.3. The minimum Gasteiger partial charge on any atom is -0.493 e. The van der Waals surface area contributed by atoms with Gasteiger partial charge < -0.3 is 33.7 Å². The van der Waals surface area contributed by atoms with Crippen molar-refractivity contribution < 1.29 is 38.0 Å². The highest BCUT2D eigenvalue weighted by Crippen LogP contribution is 2.38. The average molecular weight is 461 g/mol. The van der Waals surface area contributed by atoms with E-state index in [1.807, 2.05) is 0 Å². The minimum atomic E-state index is -0.528. The molecule has 2 rings (SSSR count). The van der Waals surface area contributed by atoms with Crippen molar-refractivity contribution in [2.24, 2.45) is 5.10 Å². The summed E-state index contributed by atoms with van der Waals surface area (Å²) >= 11 is 0. The van der Waals surface area contributed by atoms with Crippen molar-refractivity contribution in [3.05, 3.63) is 35.4 Å². The monoisotopic (exact) mass is 461 g/mol. The van der Waals surface area contributed by atoms with Crippen molar-refractivity contribution in [3.63, 3.8) is 0 Å². The van der Waals surface area contributed by atoms with E-state index in [1.54, 1.807) is 12.1 Å². The Bertz CT molecular complexity index is 973. The first-order valence-corrected chi connectivity index (χ1v) is 9.62. The molecule has 0 aliphatic rings. The first kappa shape index (κ1) is 25.1. The standard InChI is InChI=1S/C22H27N3O8/c1-28-15-7-13(8-16(29-2)20(15)32-5)11-24-25-19(26)12-23-22(27)14-9-17(30-3)21(33-6)18(10-14)31-4/h7-11H,12H2,1-6H3,(H,23,27)(H,25,26). The van der Waals surface area contributed by atoms with Crippen molar-refractivity contribution in [1.82, 2.24) is 10.7 Å². The number of hydrogen-bond acceptors (Lipinski definition) is 9. The molecule has 0 spiro atoms. The Balaban J connectivity index is 2.01. The van der Waals surface area contributed by atoms with E-state index in [4.69, 9.17) is 28.4 Å². The number of carbonyl (C=O) groups is 2. The number of methoxy groups -OCH3 is 6. The van der Waals surface area contributed by atoms with E-state index in [0.29, 0.717) is 40.1 Å². The minimum absolute atomic E-state index is 0.234. The lowest BCUT2D eigenvalue weighted by molar-refractivity contribution is -0.120. The normalized spacial score (nSPS) is 10.4. The molecule has 0 radical (unpaired) electrons. The molecule has 0 heterocycles. The van der Waals surface area contributed by atoms with Gasteiger partial charge in [0.15, 0.2) is 23.0 Å². The first-order valence-electron chi connectivity index (χ1n) is 9.62. The number of benzene rings is 2. The number of rotatable bonds is 11. The number of hydrogen-bond donors (Lipinski definition) is 2. The second kappa shape index (κ2) is 12.0. The van der Waals surface area contributed by atoms with Gasteiger partial charge in [-0.05, 0) is 24.3 Å². The summed E-state index contributed by atoms with van der Waals surface area (Å²) in [7, 11) is 8.84. The molecule has 0 fully saturated rings. The Morgan fingerprint density at radius 1 is 0.758 bits per heavy atom. The van der Waals surface area contributed by atoms with Crippen molar-refractivity contribution in [3.8, 4) is 34.5 Å². The molecule has 2 N–H and O–H groups in total. The van der Waals surface area contributed by atoms with Gasteiger partial charge in [0.1, 0.15) is 0 Å². The SMILES string of the molecule is COc1cc(C=NNC(=O)CNC(=O)c2cc(OC)c(OC)c(OC)c2)cc(OC)c1OC. The Labute approximate surface area is 191 Å². The highest BCUT2D eigenvalue weighted by molar-refractivity contribution is 5.97. The number of amides is 2. The van der Waals surface area contributed by atoms with Crippen molar-refractivity contribution in [1.29, 1.82) is 0 Å². The lowest BCUT2D eigenvalue weighted by Gasteiger charge is -2.14. The fourth-order valence-corrected chi connectivity index (χ4v) is 2.87. The van der Waals surface area contributed by atoms with Gasteiger partial charge in [0.05, 0.1) is 55.4 Å². The topological polar surface area (TPSA) is 126 Å². The molecule has 0 aliphatic carbocycles. The second-order valence-electron chi connectivity index (χ2n) is 6.35. The summed E-state index contributed by atoms with van der Waals surface area (Å²) in [5.74, 6) is 1.30. The van der Waals surface area contributed by atoms with Gasteiger partial charge in [-0.3, -0.25) is 9.59 Å². The molecule has 178 valence electrons. The molecule has 0 aromatic heterocycles. The van der Waals surface area contributed by atoms with Gasteiger partial charge in [0.2, 0.25) is 11.5 Å². The number of nitrogens with zero attached hydrogens (tertiary/aromatic N) is 1. The molecule has 11 heteroatoms. The third kappa shape index (κ3) is 6.19. The number of hydrazone groups is 1. The van der Waals surface area contributed by atoms with Crippen LogP contribution in [0.4, 0.5) is 0 Å². The molecule has 0 saturated heterocycles. The Hall–Kier alpha value is -4.15. The summed E-state index contributed by atoms with van der Waals surface area (Å²) in [6, 6.07) is 6.31. The van der Waals surface area contributed by atoms with Gasteiger partial charge in [-0.25, -0.2) is 5.43 Å². The van der Waals surface area contributed by atoms with Gasteiger partial charge in [-0.15, -0.1) is 0 Å². The number of ether oxygens (including phenoxy) is 6. The molecule has 0 saturated carbocycles. The van der Waals surface area contributed by atoms with Gasteiger partial charge >= 0.3 is 0 Å². The van der Waals surface area contributed by atoms with Gasteiger partial charge in [-0.1, -0.05) is 0 Å². The van der Waals surface area contributed by atoms with E-state index < -0.39 is 11.8 Å². The molecule has 2 aromatic carbocycles. The van der Waals surface area contributed by atoms with Crippen LogP contribution in [-0.4, -0.2) is 67.2 Å². The van der Waals surface area contributed by atoms with Gasteiger partial charge in [0.25, 0.3) is 11.8 Å². The van der Waals surface area contributed by atoms with Crippen LogP contribution in [0.3, 0.4) is 0 Å². The first-order chi connectivity index (χ1) is 15.9. The summed E-state index contributed by atoms with van der Waals surface area (Å²) in [6.07, 6.45) is 1.41. The maximum atomic E-state index is 12.5. The predicted octanol–water partition coefficient (Wildman–Crippen LogP) is 1.62. The lowest BCUT2D eigenvalue weighted by Crippen LogP contribution is -2.34. The van der Waals surface area contributed by atoms with Crippen molar-refractivity contribution >= 4 is 18.0 Å². The quantitative estimate of drug-likeness (QED) is 0.382. The van der Waals surface area contributed by atoms with E-state index in [1.165, 1.54) is 61.0 Å². The zero-order valence-corrected chi connectivity index (χ0v) is 19.3. The Morgan fingerprint density at radius 2 is 1.21 bits per heavy atom. The predicted molar refractivity (Wildman–Crippen MR) is 120 cm³/mol. The third-order valence-electron chi connectivity index (χ3n) is 4.43. The molecule has 0 unspecified atom stereocenters. The highest BCUT2D eigenvalue weighted by atomic mass is 16.5. The lowest BCUT2D eigenvalue weighted by atomic mass is 10.1. The van der Waals surface area contributed by atoms with E-state index in [0.717, 1.165) is 0 Å². The van der Waals surface area contributed by atoms with Gasteiger partial charge in [-0.2, -0.15) is 5.10 Å². The summed E-state index contributed by atoms with van der Waals surface area (Å²) in [4.78, 5) is 24.5. The zero-order chi connectivity index (χ0) is 24.4. The maximum absolute atomic E-state index is 12.5. The van der Waals surface area contributed by atoms with Crippen LogP contribution in [0, 0.1) is 0 Å². The Kier molecular flexibility index (Phi) is 9.16. The molecule has 11 nitrogen and oxygen atoms in total. The average Bonchev–Trinajstić information content (AvgIpc) is 2.85. The molecule has 0 atom stereocenters. The maximum Gasteiger partial charge on any atom is 0.259 e. The van der Waals surface area contributed by atoms with E-state index in [9.17, 15) is 9.59 Å². The summed E-state index contributed by atoms with van der Waals surface area (Å²) in [6.45, 7) is -0.303. The smallest absolute Gasteiger partial charge is 0.259 e. The molecular formula is C22H27N3O8. The van der Waals surface area contributed by atoms with Crippen LogP contribution >= 0.6 is 0 Å². The highest BCUT2D eigenvalue weighted by Gasteiger charge is 2.17. The molecule has 2 amide bonds. The van der Waals surface area contributed by atoms with E-state index in [-0.39, 0.29) is 12.1 Å². The number of nitrogens with one attached hydrogen (secondary N) is 2. The van der Waals surface area contributed by atoms with Crippen LogP contribution < -0.4 is 39.2 Å². The molecule has 0 aliphatic heterocycles. The van der Waals surface area contributed by atoms with E-state index >= 15 is 0 Å². The fourth-order valence-electron chi connectivity index (χ4n) is 2.87. The number of carbonyl (C=O) groups excluding carboxylic acids is 2. The summed E-state index contributed by atoms with van der Waals surface area (Å²) in [5.41, 5.74) is 3.18. The fraction of sp³-hybridized carbons (Fsp3) is 0.318. The van der Waals surface area contributed by atoms with Crippen LogP contribution in [0.2, 0.25) is 0 Å². The molecule has 33 heavy (non-hydrogen) atoms. The van der Waals surface area contributed by atoms with Crippen LogP contribution in [0.25, 0.3) is 0 Å². The van der Waals surface area contributed by atoms with Crippen molar-refractivity contribution in [2.45, 2.75) is 0 Å². The molecular weight excluding hydrogens is 434 g/mol. The van der Waals surface area contributed by atoms with E-state index in [2.05, 4.69) is 15.8 Å². The molecule has 0 bridgehead atoms. The van der Waals surface area contributed by atoms with Crippen LogP contribution in [0.15, 0.2) is 29.4 Å². The summed E-state index contributed by atoms with van der Waals surface area (Å²) in [5, 5.41) is 6.40. The molecule has 2 aromatic rings. The van der Waals surface area contributed by atoms with Crippen LogP contribution in [0.1, 0.15) is 15.9 Å². The van der Waals surface area contributed by atoms with Crippen LogP contribution in [-0.2, 0) is 4.79 Å². The second-order valence-corrected chi connectivity index (χ2v) is 6.35.